The number of ether oxygens (including phenoxy) is 1. The monoisotopic (exact) mass is 234 g/mol. The molecule has 0 bridgehead atoms. The Morgan fingerprint density at radius 2 is 2.24 bits per heavy atom. The summed E-state index contributed by atoms with van der Waals surface area (Å²) in [6.45, 7) is 4.69. The summed E-state index contributed by atoms with van der Waals surface area (Å²) in [6, 6.07) is 5.85. The molecule has 1 rings (SSSR count). The third kappa shape index (κ3) is 3.25. The van der Waals surface area contributed by atoms with Gasteiger partial charge < -0.3 is 15.4 Å². The predicted molar refractivity (Wildman–Crippen MR) is 67.9 cm³/mol. The van der Waals surface area contributed by atoms with Crippen LogP contribution in [0.25, 0.3) is 0 Å². The van der Waals surface area contributed by atoms with E-state index in [9.17, 15) is 0 Å². The first-order chi connectivity index (χ1) is 8.10. The number of methoxy groups -OCH3 is 1. The van der Waals surface area contributed by atoms with Gasteiger partial charge in [-0.1, -0.05) is 0 Å². The Labute approximate surface area is 102 Å². The summed E-state index contributed by atoms with van der Waals surface area (Å²) in [4.78, 5) is 6.34. The molecule has 17 heavy (non-hydrogen) atoms. The average molecular weight is 234 g/mol. The zero-order valence-corrected chi connectivity index (χ0v) is 10.5. The highest BCUT2D eigenvalue weighted by atomic mass is 16.5. The minimum atomic E-state index is 0.227. The number of anilines is 2. The molecule has 0 aliphatic carbocycles. The van der Waals surface area contributed by atoms with Crippen LogP contribution < -0.4 is 15.4 Å². The van der Waals surface area contributed by atoms with E-state index in [1.165, 1.54) is 0 Å². The average Bonchev–Trinajstić information content (AvgIpc) is 2.31. The third-order valence-electron chi connectivity index (χ3n) is 2.45. The van der Waals surface area contributed by atoms with Gasteiger partial charge in [-0.05, 0) is 19.9 Å². The van der Waals surface area contributed by atoms with Crippen LogP contribution in [0, 0.1) is 11.3 Å². The molecular weight excluding hydrogens is 216 g/mol. The maximum absolute atomic E-state index is 8.66. The molecule has 92 valence electrons. The third-order valence-corrected chi connectivity index (χ3v) is 2.45. The Kier molecular flexibility index (Phi) is 4.58. The number of nitrogens with zero attached hydrogens (tertiary/aromatic N) is 3. The molecule has 5 nitrogen and oxygen atoms in total. The molecule has 0 saturated carbocycles. The van der Waals surface area contributed by atoms with Gasteiger partial charge >= 0.3 is 0 Å². The molecule has 1 heterocycles. The zero-order valence-electron chi connectivity index (χ0n) is 10.5. The molecule has 0 spiro atoms. The second-order valence-electron chi connectivity index (χ2n) is 3.96. The van der Waals surface area contributed by atoms with Gasteiger partial charge in [0.25, 0.3) is 0 Å². The summed E-state index contributed by atoms with van der Waals surface area (Å²) in [6.07, 6.45) is 0.441. The number of rotatable bonds is 5. The van der Waals surface area contributed by atoms with E-state index in [1.807, 2.05) is 18.7 Å². The Bertz CT molecular complexity index is 411. The van der Waals surface area contributed by atoms with Gasteiger partial charge in [-0.3, -0.25) is 0 Å². The molecule has 0 aliphatic heterocycles. The lowest BCUT2D eigenvalue weighted by Crippen LogP contribution is -2.33. The largest absolute Gasteiger partial charge is 0.481 e. The van der Waals surface area contributed by atoms with Crippen molar-refractivity contribution in [2.45, 2.75) is 26.3 Å². The predicted octanol–water partition coefficient (Wildman–Crippen LogP) is 1.80. The van der Waals surface area contributed by atoms with Gasteiger partial charge in [0.15, 0.2) is 5.82 Å². The minimum absolute atomic E-state index is 0.227. The molecule has 0 atom stereocenters. The molecule has 5 heteroatoms. The normalized spacial score (nSPS) is 10.1. The maximum Gasteiger partial charge on any atom is 0.215 e. The van der Waals surface area contributed by atoms with Gasteiger partial charge in [-0.25, -0.2) is 0 Å². The number of hydrogen-bond donors (Lipinski definition) is 1. The molecule has 0 fully saturated rings. The van der Waals surface area contributed by atoms with Crippen molar-refractivity contribution >= 4 is 11.5 Å². The fraction of sp³-hybridized carbons (Fsp3) is 0.500. The number of hydrogen-bond acceptors (Lipinski definition) is 5. The summed E-state index contributed by atoms with van der Waals surface area (Å²) < 4.78 is 5.09. The van der Waals surface area contributed by atoms with E-state index in [1.54, 1.807) is 19.2 Å². The van der Waals surface area contributed by atoms with E-state index < -0.39 is 0 Å². The summed E-state index contributed by atoms with van der Waals surface area (Å²) in [5.41, 5.74) is 6.51. The van der Waals surface area contributed by atoms with Crippen molar-refractivity contribution in [3.63, 3.8) is 0 Å². The molecule has 1 aromatic rings. The number of nitrogens with two attached hydrogens (primary N) is 1. The Hall–Kier alpha value is -1.96. The van der Waals surface area contributed by atoms with Gasteiger partial charge in [0.05, 0.1) is 25.3 Å². The number of nitriles is 1. The minimum Gasteiger partial charge on any atom is -0.481 e. The van der Waals surface area contributed by atoms with Crippen molar-refractivity contribution < 1.29 is 4.74 Å². The zero-order chi connectivity index (χ0) is 12.8. The summed E-state index contributed by atoms with van der Waals surface area (Å²) in [7, 11) is 1.57. The number of pyridine rings is 1. The topological polar surface area (TPSA) is 75.2 Å². The lowest BCUT2D eigenvalue weighted by atomic mass is 10.2. The smallest absolute Gasteiger partial charge is 0.215 e. The van der Waals surface area contributed by atoms with Crippen molar-refractivity contribution in [2.75, 3.05) is 24.3 Å². The van der Waals surface area contributed by atoms with Crippen molar-refractivity contribution in [1.82, 2.24) is 4.98 Å². The first kappa shape index (κ1) is 13.1. The van der Waals surface area contributed by atoms with Crippen LogP contribution in [0.1, 0.15) is 20.3 Å². The lowest BCUT2D eigenvalue weighted by molar-refractivity contribution is 0.397. The molecule has 0 amide bonds. The molecule has 0 radical (unpaired) electrons. The van der Waals surface area contributed by atoms with E-state index in [-0.39, 0.29) is 6.04 Å². The first-order valence-corrected chi connectivity index (χ1v) is 5.54. The van der Waals surface area contributed by atoms with Gasteiger partial charge in [0.2, 0.25) is 5.88 Å². The Morgan fingerprint density at radius 1 is 1.53 bits per heavy atom. The van der Waals surface area contributed by atoms with Crippen molar-refractivity contribution in [2.24, 2.45) is 0 Å². The highest BCUT2D eigenvalue weighted by Crippen LogP contribution is 2.25. The number of aromatic nitrogens is 1. The summed E-state index contributed by atoms with van der Waals surface area (Å²) in [5, 5.41) is 8.66. The van der Waals surface area contributed by atoms with E-state index in [2.05, 4.69) is 11.1 Å². The van der Waals surface area contributed by atoms with E-state index >= 15 is 0 Å². The fourth-order valence-electron chi connectivity index (χ4n) is 1.56. The maximum atomic E-state index is 8.66. The lowest BCUT2D eigenvalue weighted by Gasteiger charge is -2.28. The standard InChI is InChI=1S/C12H18N4O/c1-9(2)16(8-4-7-13)12-10(14)5-6-11(15-12)17-3/h5-6,9H,4,8,14H2,1-3H3. The van der Waals surface area contributed by atoms with Crippen LogP contribution >= 0.6 is 0 Å². The second-order valence-corrected chi connectivity index (χ2v) is 3.96. The fourth-order valence-corrected chi connectivity index (χ4v) is 1.56. The van der Waals surface area contributed by atoms with E-state index in [0.29, 0.717) is 30.4 Å². The Balaban J connectivity index is 3.04. The first-order valence-electron chi connectivity index (χ1n) is 5.54. The van der Waals surface area contributed by atoms with Crippen LogP contribution in [-0.2, 0) is 0 Å². The Morgan fingerprint density at radius 3 is 2.76 bits per heavy atom. The SMILES string of the molecule is COc1ccc(N)c(N(CCC#N)C(C)C)n1. The summed E-state index contributed by atoms with van der Waals surface area (Å²) in [5.74, 6) is 1.20. The van der Waals surface area contributed by atoms with Crippen molar-refractivity contribution in [3.8, 4) is 11.9 Å². The van der Waals surface area contributed by atoms with Crippen LogP contribution in [0.5, 0.6) is 5.88 Å². The van der Waals surface area contributed by atoms with Gasteiger partial charge in [-0.15, -0.1) is 0 Å². The molecule has 0 unspecified atom stereocenters. The van der Waals surface area contributed by atoms with E-state index in [4.69, 9.17) is 15.7 Å². The molecule has 0 saturated heterocycles. The molecule has 1 aromatic heterocycles. The molecule has 0 aromatic carbocycles. The van der Waals surface area contributed by atoms with Gasteiger partial charge in [-0.2, -0.15) is 10.2 Å². The quantitative estimate of drug-likeness (QED) is 0.840. The van der Waals surface area contributed by atoms with Crippen LogP contribution in [0.2, 0.25) is 0 Å². The van der Waals surface area contributed by atoms with Gasteiger partial charge in [0, 0.05) is 18.7 Å². The second kappa shape index (κ2) is 5.94. The highest BCUT2D eigenvalue weighted by Gasteiger charge is 2.15. The summed E-state index contributed by atoms with van der Waals surface area (Å²) >= 11 is 0. The van der Waals surface area contributed by atoms with Crippen molar-refractivity contribution in [1.29, 1.82) is 5.26 Å². The van der Waals surface area contributed by atoms with E-state index in [0.717, 1.165) is 0 Å². The van der Waals surface area contributed by atoms with Crippen LogP contribution in [0.15, 0.2) is 12.1 Å². The molecular formula is C12H18N4O. The molecule has 2 N–H and O–H groups in total. The highest BCUT2D eigenvalue weighted by molar-refractivity contribution is 5.64. The molecule has 0 aliphatic rings. The van der Waals surface area contributed by atoms with Crippen molar-refractivity contribution in [3.05, 3.63) is 12.1 Å². The van der Waals surface area contributed by atoms with Crippen LogP contribution in [0.4, 0.5) is 11.5 Å². The van der Waals surface area contributed by atoms with Gasteiger partial charge in [0.1, 0.15) is 0 Å². The number of nitrogen functional groups attached to an aromatic ring is 1. The van der Waals surface area contributed by atoms with Crippen LogP contribution in [-0.4, -0.2) is 24.7 Å². The van der Waals surface area contributed by atoms with Crippen LogP contribution in [0.3, 0.4) is 0 Å².